The first-order valence-electron chi connectivity index (χ1n) is 12.3. The average molecular weight is 517 g/mol. The summed E-state index contributed by atoms with van der Waals surface area (Å²) in [6.07, 6.45) is -1.05. The van der Waals surface area contributed by atoms with Crippen LogP contribution >= 0.6 is 0 Å². The Balaban J connectivity index is 1.42. The minimum atomic E-state index is -0.655. The van der Waals surface area contributed by atoms with Crippen molar-refractivity contribution in [3.8, 4) is 0 Å². The van der Waals surface area contributed by atoms with Gasteiger partial charge in [0.05, 0.1) is 16.7 Å². The van der Waals surface area contributed by atoms with Crippen molar-refractivity contribution in [3.63, 3.8) is 0 Å². The molecule has 0 saturated heterocycles. The van der Waals surface area contributed by atoms with Crippen molar-refractivity contribution in [3.05, 3.63) is 113 Å². The van der Waals surface area contributed by atoms with Crippen LogP contribution in [-0.2, 0) is 18.9 Å². The first-order chi connectivity index (χ1) is 18.1. The number of aryl methyl sites for hydroxylation is 2. The van der Waals surface area contributed by atoms with Gasteiger partial charge in [-0.25, -0.2) is 14.4 Å². The lowest BCUT2D eigenvalue weighted by Gasteiger charge is -2.17. The van der Waals surface area contributed by atoms with Gasteiger partial charge in [-0.15, -0.1) is 0 Å². The maximum atomic E-state index is 12.4. The van der Waals surface area contributed by atoms with Crippen molar-refractivity contribution in [1.29, 1.82) is 0 Å². The minimum absolute atomic E-state index is 0.0341. The molecule has 2 unspecified atom stereocenters. The fourth-order valence-electron chi connectivity index (χ4n) is 3.35. The molecular formula is C31H32O7. The predicted molar refractivity (Wildman–Crippen MR) is 144 cm³/mol. The Bertz CT molecular complexity index is 1260. The lowest BCUT2D eigenvalue weighted by atomic mass is 10.1. The summed E-state index contributed by atoms with van der Waals surface area (Å²) in [6.45, 7) is 11.2. The van der Waals surface area contributed by atoms with E-state index < -0.39 is 30.1 Å². The molecule has 7 nitrogen and oxygen atoms in total. The molecule has 0 aliphatic carbocycles. The topological polar surface area (TPSA) is 88.1 Å². The van der Waals surface area contributed by atoms with E-state index in [0.717, 1.165) is 16.7 Å². The fraction of sp³-hybridized carbons (Fsp3) is 0.258. The van der Waals surface area contributed by atoms with Crippen LogP contribution in [0.15, 0.2) is 79.4 Å². The number of hydrogen-bond acceptors (Lipinski definition) is 7. The second-order valence-corrected chi connectivity index (χ2v) is 9.07. The van der Waals surface area contributed by atoms with E-state index in [4.69, 9.17) is 18.9 Å². The van der Waals surface area contributed by atoms with Crippen molar-refractivity contribution in [1.82, 2.24) is 0 Å². The van der Waals surface area contributed by atoms with Gasteiger partial charge in [0.15, 0.2) is 0 Å². The molecule has 0 fully saturated rings. The van der Waals surface area contributed by atoms with E-state index in [1.807, 2.05) is 50.2 Å². The van der Waals surface area contributed by atoms with E-state index in [1.54, 1.807) is 26.0 Å². The Labute approximate surface area is 223 Å². The summed E-state index contributed by atoms with van der Waals surface area (Å²) < 4.78 is 21.7. The number of benzene rings is 3. The Morgan fingerprint density at radius 1 is 0.579 bits per heavy atom. The van der Waals surface area contributed by atoms with Crippen LogP contribution in [0, 0.1) is 13.8 Å². The van der Waals surface area contributed by atoms with Crippen molar-refractivity contribution in [2.45, 2.75) is 39.9 Å². The summed E-state index contributed by atoms with van der Waals surface area (Å²) in [4.78, 5) is 37.0. The van der Waals surface area contributed by atoms with Gasteiger partial charge in [0, 0.05) is 5.56 Å². The number of esters is 3. The molecule has 0 bridgehead atoms. The van der Waals surface area contributed by atoms with Crippen LogP contribution in [0.5, 0.6) is 0 Å². The highest BCUT2D eigenvalue weighted by atomic mass is 16.6. The van der Waals surface area contributed by atoms with E-state index in [0.29, 0.717) is 11.3 Å². The smallest absolute Gasteiger partial charge is 0.338 e. The molecule has 0 aliphatic rings. The van der Waals surface area contributed by atoms with E-state index in [-0.39, 0.29) is 24.3 Å². The molecule has 0 amide bonds. The van der Waals surface area contributed by atoms with Gasteiger partial charge in [-0.2, -0.15) is 0 Å². The number of carbonyl (C=O) groups excluding carboxylic acids is 3. The van der Waals surface area contributed by atoms with Crippen LogP contribution < -0.4 is 0 Å². The molecule has 0 N–H and O–H groups in total. The Hall–Kier alpha value is -4.39. The van der Waals surface area contributed by atoms with Gasteiger partial charge in [0.2, 0.25) is 0 Å². The van der Waals surface area contributed by atoms with Crippen LogP contribution in [-0.4, -0.2) is 43.3 Å². The van der Waals surface area contributed by atoms with E-state index in [1.165, 1.54) is 24.3 Å². The standard InChI is InChI=1S/C31H32O7/c1-20-6-10-25(11-7-20)24(5)37-22(3)18-35-30(33)27-14-16-28(17-15-27)31(34)38-23(4)19-36-29(32)26-12-8-21(2)9-13-26/h6-17,22-23H,5,18-19H2,1-4H3. The molecule has 2 atom stereocenters. The zero-order valence-corrected chi connectivity index (χ0v) is 22.1. The summed E-state index contributed by atoms with van der Waals surface area (Å²) >= 11 is 0. The van der Waals surface area contributed by atoms with Crippen molar-refractivity contribution >= 4 is 23.7 Å². The zero-order valence-electron chi connectivity index (χ0n) is 22.1. The molecule has 0 radical (unpaired) electrons. The summed E-state index contributed by atoms with van der Waals surface area (Å²) in [5.74, 6) is -1.14. The van der Waals surface area contributed by atoms with E-state index in [9.17, 15) is 14.4 Å². The Kier molecular flexibility index (Phi) is 9.82. The molecular weight excluding hydrogens is 484 g/mol. The zero-order chi connectivity index (χ0) is 27.7. The molecule has 0 heterocycles. The van der Waals surface area contributed by atoms with Crippen LogP contribution in [0.3, 0.4) is 0 Å². The van der Waals surface area contributed by atoms with Gasteiger partial charge >= 0.3 is 17.9 Å². The van der Waals surface area contributed by atoms with Crippen molar-refractivity contribution in [2.75, 3.05) is 13.2 Å². The number of rotatable bonds is 11. The van der Waals surface area contributed by atoms with Gasteiger partial charge in [0.25, 0.3) is 0 Å². The Morgan fingerprint density at radius 2 is 0.921 bits per heavy atom. The average Bonchev–Trinajstić information content (AvgIpc) is 2.91. The van der Waals surface area contributed by atoms with Gasteiger partial charge in [-0.05, 0) is 64.1 Å². The normalized spacial score (nSPS) is 12.1. The lowest BCUT2D eigenvalue weighted by Crippen LogP contribution is -2.22. The summed E-state index contributed by atoms with van der Waals surface area (Å²) in [6, 6.07) is 20.7. The van der Waals surface area contributed by atoms with E-state index in [2.05, 4.69) is 6.58 Å². The number of hydrogen-bond donors (Lipinski definition) is 0. The quantitative estimate of drug-likeness (QED) is 0.177. The number of carbonyl (C=O) groups is 3. The first-order valence-corrected chi connectivity index (χ1v) is 12.3. The number of ether oxygens (including phenoxy) is 4. The maximum Gasteiger partial charge on any atom is 0.338 e. The molecule has 0 spiro atoms. The van der Waals surface area contributed by atoms with E-state index >= 15 is 0 Å². The van der Waals surface area contributed by atoms with Crippen LogP contribution in [0.25, 0.3) is 5.76 Å². The molecule has 3 rings (SSSR count). The molecule has 38 heavy (non-hydrogen) atoms. The molecule has 198 valence electrons. The monoisotopic (exact) mass is 516 g/mol. The van der Waals surface area contributed by atoms with Crippen LogP contribution in [0.1, 0.15) is 61.6 Å². The SMILES string of the molecule is C=C(OC(C)COC(=O)c1ccc(C(=O)OC(C)COC(=O)c2ccc(C)cc2)cc1)c1ccc(C)cc1. The molecule has 0 saturated carbocycles. The predicted octanol–water partition coefficient (Wildman–Crippen LogP) is 5.94. The summed E-state index contributed by atoms with van der Waals surface area (Å²) in [7, 11) is 0. The summed E-state index contributed by atoms with van der Waals surface area (Å²) in [5, 5.41) is 0. The van der Waals surface area contributed by atoms with Gasteiger partial charge in [-0.3, -0.25) is 0 Å². The Morgan fingerprint density at radius 3 is 1.37 bits per heavy atom. The summed E-state index contributed by atoms with van der Waals surface area (Å²) in [5.41, 5.74) is 3.99. The second-order valence-electron chi connectivity index (χ2n) is 9.07. The maximum absolute atomic E-state index is 12.4. The van der Waals surface area contributed by atoms with Gasteiger partial charge in [-0.1, -0.05) is 54.1 Å². The highest BCUT2D eigenvalue weighted by Crippen LogP contribution is 2.17. The molecule has 0 aromatic heterocycles. The lowest BCUT2D eigenvalue weighted by molar-refractivity contribution is 0.00447. The largest absolute Gasteiger partial charge is 0.487 e. The first kappa shape index (κ1) is 28.2. The third-order valence-electron chi connectivity index (χ3n) is 5.57. The highest BCUT2D eigenvalue weighted by Gasteiger charge is 2.17. The van der Waals surface area contributed by atoms with Crippen molar-refractivity contribution in [2.24, 2.45) is 0 Å². The minimum Gasteiger partial charge on any atom is -0.487 e. The highest BCUT2D eigenvalue weighted by molar-refractivity contribution is 5.93. The molecule has 3 aromatic carbocycles. The van der Waals surface area contributed by atoms with Gasteiger partial charge < -0.3 is 18.9 Å². The second kappa shape index (κ2) is 13.2. The third kappa shape index (κ3) is 8.34. The van der Waals surface area contributed by atoms with Crippen LogP contribution in [0.2, 0.25) is 0 Å². The molecule has 0 aliphatic heterocycles. The van der Waals surface area contributed by atoms with Gasteiger partial charge in [0.1, 0.15) is 31.2 Å². The fourth-order valence-corrected chi connectivity index (χ4v) is 3.35. The third-order valence-corrected chi connectivity index (χ3v) is 5.57. The molecule has 3 aromatic rings. The van der Waals surface area contributed by atoms with Crippen LogP contribution in [0.4, 0.5) is 0 Å². The molecule has 7 heteroatoms. The van der Waals surface area contributed by atoms with Crippen molar-refractivity contribution < 1.29 is 33.3 Å².